The van der Waals surface area contributed by atoms with Crippen LogP contribution in [0.2, 0.25) is 0 Å². The van der Waals surface area contributed by atoms with E-state index in [2.05, 4.69) is 70.6 Å². The van der Waals surface area contributed by atoms with Crippen LogP contribution in [-0.2, 0) is 48.5 Å². The number of phosphoric acid groups is 1. The molecule has 4 aromatic rings. The van der Waals surface area contributed by atoms with Gasteiger partial charge in [-0.15, -0.1) is 0 Å². The summed E-state index contributed by atoms with van der Waals surface area (Å²) in [6.07, 6.45) is 12.5. The summed E-state index contributed by atoms with van der Waals surface area (Å²) in [6.45, 7) is 8.02. The highest BCUT2D eigenvalue weighted by molar-refractivity contribution is 8.07. The number of hydrogen-bond acceptors (Lipinski definition) is 18. The lowest BCUT2D eigenvalue weighted by molar-refractivity contribution is -0.0608. The van der Waals surface area contributed by atoms with Crippen LogP contribution in [0.15, 0.2) is 24.3 Å². The summed E-state index contributed by atoms with van der Waals surface area (Å²) in [7, 11) is -3.28. The predicted octanol–water partition coefficient (Wildman–Crippen LogP) is 9.91. The number of phosphoric ester groups is 1. The lowest BCUT2D eigenvalue weighted by atomic mass is 9.47. The van der Waals surface area contributed by atoms with Crippen LogP contribution >= 0.6 is 39.0 Å². The molecule has 0 radical (unpaired) electrons. The molecule has 10 rings (SSSR count). The van der Waals surface area contributed by atoms with Crippen molar-refractivity contribution >= 4 is 85.0 Å². The van der Waals surface area contributed by atoms with Gasteiger partial charge in [0, 0.05) is 20.0 Å². The number of nitrogens with two attached hydrogens (primary N) is 2. The number of nitrogen functional groups attached to an aromatic ring is 2. The van der Waals surface area contributed by atoms with Gasteiger partial charge < -0.3 is 54.5 Å². The monoisotopic (exact) mass is 1110 g/mol. The first-order valence-electron chi connectivity index (χ1n) is 25.9. The standard InChI is InChI=1S/C48H72N10O10P2S3/c1-25(2)8-7-9-26(3)30-12-13-31-29-11-10-27-18-28(14-16-47(27,4)32(29)15-17-48(30,31)5)67-69(60,61)63-22-36-34(20-38(66-36)58-24-52-40-42(58)54-46(50)56-44(40)72)68-70(73,62-6)64-21-35-33(59)19-37(65-35)57-23-51-39-41(57)53-45(49)55-43(39)71/h10,23-26,28-38,59H,7-9,11-22H2,1-6H3,(H,60,61)(H3,49,53,55,71)(H3,50,54,56,72)/t26-,28+,29+,30-,31+,32?,33?,34?,35-,36-,37-,38-,47+,48-,70?/m1/s1. The summed E-state index contributed by atoms with van der Waals surface area (Å²) in [5, 5.41) is 11.1. The molecule has 0 aromatic carbocycles. The number of imidazole rings is 2. The zero-order chi connectivity index (χ0) is 51.8. The fourth-order valence-corrected chi connectivity index (χ4v) is 17.2. The molecule has 73 heavy (non-hydrogen) atoms. The first-order chi connectivity index (χ1) is 34.7. The molecule has 4 aliphatic carbocycles. The van der Waals surface area contributed by atoms with Gasteiger partial charge in [0.25, 0.3) is 0 Å². The van der Waals surface area contributed by atoms with Crippen molar-refractivity contribution in [2.45, 2.75) is 161 Å². The van der Waals surface area contributed by atoms with E-state index in [0.29, 0.717) is 61.7 Å². The van der Waals surface area contributed by atoms with Gasteiger partial charge >= 0.3 is 14.5 Å². The van der Waals surface area contributed by atoms with Crippen molar-refractivity contribution in [2.75, 3.05) is 31.8 Å². The Labute approximate surface area is 441 Å². The number of hydrogen-bond donors (Lipinski definition) is 6. The molecule has 402 valence electrons. The third kappa shape index (κ3) is 10.6. The van der Waals surface area contributed by atoms with Crippen LogP contribution in [0.1, 0.15) is 131 Å². The minimum absolute atomic E-state index is 0.0345. The quantitative estimate of drug-likeness (QED) is 0.0307. The third-order valence-electron chi connectivity index (χ3n) is 17.7. The number of H-pyrrole nitrogens is 2. The third-order valence-corrected chi connectivity index (χ3v) is 21.8. The van der Waals surface area contributed by atoms with Crippen molar-refractivity contribution in [1.82, 2.24) is 39.0 Å². The van der Waals surface area contributed by atoms with Crippen LogP contribution in [0.5, 0.6) is 0 Å². The molecule has 0 bridgehead atoms. The molecule has 6 aliphatic rings. The van der Waals surface area contributed by atoms with Gasteiger partial charge in [0.05, 0.1) is 44.2 Å². The van der Waals surface area contributed by atoms with Gasteiger partial charge in [-0.2, -0.15) is 9.97 Å². The van der Waals surface area contributed by atoms with Crippen molar-refractivity contribution in [2.24, 2.45) is 46.3 Å². The molecular formula is C48H72N10O10P2S3. The van der Waals surface area contributed by atoms with Gasteiger partial charge in [-0.25, -0.2) is 14.5 Å². The minimum atomic E-state index is -4.64. The number of fused-ring (bicyclic) bond motifs is 7. The predicted molar refractivity (Wildman–Crippen MR) is 283 cm³/mol. The first-order valence-corrected chi connectivity index (χ1v) is 30.8. The minimum Gasteiger partial charge on any atom is -0.390 e. The Hall–Kier alpha value is -2.60. The van der Waals surface area contributed by atoms with E-state index in [9.17, 15) is 14.6 Å². The number of aromatic nitrogens is 8. The highest BCUT2D eigenvalue weighted by Gasteiger charge is 2.59. The Bertz CT molecular complexity index is 2940. The molecule has 20 nitrogen and oxygen atoms in total. The van der Waals surface area contributed by atoms with Gasteiger partial charge in [0.2, 0.25) is 11.9 Å². The maximum absolute atomic E-state index is 14.0. The van der Waals surface area contributed by atoms with Crippen molar-refractivity contribution in [3.63, 3.8) is 0 Å². The Kier molecular flexibility index (Phi) is 15.5. The summed E-state index contributed by atoms with van der Waals surface area (Å²) in [4.78, 5) is 34.6. The molecule has 2 saturated heterocycles. The number of ether oxygens (including phenoxy) is 2. The molecule has 4 aromatic heterocycles. The second kappa shape index (κ2) is 21.0. The average Bonchev–Trinajstić information content (AvgIpc) is 4.17. The number of aliphatic hydroxyl groups excluding tert-OH is 1. The van der Waals surface area contributed by atoms with Crippen molar-refractivity contribution < 1.29 is 46.7 Å². The lowest BCUT2D eigenvalue weighted by Gasteiger charge is -2.58. The van der Waals surface area contributed by atoms with E-state index in [1.807, 2.05) is 0 Å². The van der Waals surface area contributed by atoms with Crippen LogP contribution < -0.4 is 11.5 Å². The van der Waals surface area contributed by atoms with E-state index in [1.165, 1.54) is 70.3 Å². The number of aromatic amines is 2. The normalized spacial score (nSPS) is 35.4. The second-order valence-corrected chi connectivity index (χ2v) is 27.7. The molecule has 0 spiro atoms. The Morgan fingerprint density at radius 3 is 2.18 bits per heavy atom. The van der Waals surface area contributed by atoms with Crippen LogP contribution in [0.3, 0.4) is 0 Å². The Morgan fingerprint density at radius 2 is 1.52 bits per heavy atom. The molecular weight excluding hydrogens is 1030 g/mol. The van der Waals surface area contributed by atoms with E-state index in [-0.39, 0.29) is 36.8 Å². The number of nitrogens with zero attached hydrogens (tertiary/aromatic N) is 6. The number of anilines is 2. The van der Waals surface area contributed by atoms with Crippen LogP contribution in [0, 0.1) is 55.6 Å². The molecule has 3 saturated carbocycles. The van der Waals surface area contributed by atoms with Crippen LogP contribution in [-0.4, -0.2) is 99.9 Å². The topological polar surface area (TPSA) is 267 Å². The molecule has 25 heteroatoms. The SMILES string of the molecule is COP(=S)(OC[C@H]1O[C@@H](n2cnc3c(=S)[nH]c(N)nc32)CC1O)OC1C[C@H](n2cnc3c(=S)[nH]c(N)nc32)O[C@@H]1COP(=O)(O)O[C@H]1CC[C@@]2(C)C(=CC[C@@H]3C2CC[C@]2(C)[C@@H]([C@H](C)CCCC(C)C)CC[C@@H]32)C1. The largest absolute Gasteiger partial charge is 0.472 e. The number of rotatable bonds is 18. The van der Waals surface area contributed by atoms with E-state index < -0.39 is 64.1 Å². The molecule has 2 aliphatic heterocycles. The molecule has 0 amide bonds. The van der Waals surface area contributed by atoms with Gasteiger partial charge in [0.1, 0.15) is 45.0 Å². The van der Waals surface area contributed by atoms with E-state index in [0.717, 1.165) is 36.5 Å². The molecule has 5 fully saturated rings. The van der Waals surface area contributed by atoms with Crippen LogP contribution in [0.25, 0.3) is 22.3 Å². The van der Waals surface area contributed by atoms with Crippen molar-refractivity contribution in [3.8, 4) is 0 Å². The molecule has 6 heterocycles. The highest BCUT2D eigenvalue weighted by Crippen LogP contribution is 2.68. The van der Waals surface area contributed by atoms with E-state index in [1.54, 1.807) is 9.13 Å². The van der Waals surface area contributed by atoms with Crippen molar-refractivity contribution in [1.29, 1.82) is 0 Å². The summed E-state index contributed by atoms with van der Waals surface area (Å²) in [5.41, 5.74) is 15.4. The maximum atomic E-state index is 14.0. The maximum Gasteiger partial charge on any atom is 0.472 e. The lowest BCUT2D eigenvalue weighted by Crippen LogP contribution is -2.51. The van der Waals surface area contributed by atoms with E-state index in [4.69, 9.17) is 79.8 Å². The van der Waals surface area contributed by atoms with E-state index >= 15 is 0 Å². The fourth-order valence-electron chi connectivity index (χ4n) is 14.1. The van der Waals surface area contributed by atoms with Gasteiger partial charge in [0.15, 0.2) is 11.3 Å². The van der Waals surface area contributed by atoms with Crippen molar-refractivity contribution in [3.05, 3.63) is 33.6 Å². The van der Waals surface area contributed by atoms with Gasteiger partial charge in [-0.05, 0) is 110 Å². The van der Waals surface area contributed by atoms with Gasteiger partial charge in [-0.3, -0.25) is 18.2 Å². The Balaban J connectivity index is 0.797. The summed E-state index contributed by atoms with van der Waals surface area (Å²) < 4.78 is 60.9. The summed E-state index contributed by atoms with van der Waals surface area (Å²) >= 11 is 16.7. The molecule has 8 N–H and O–H groups in total. The fraction of sp³-hybridized carbons (Fsp3) is 0.750. The smallest absolute Gasteiger partial charge is 0.390 e. The second-order valence-electron chi connectivity index (χ2n) is 22.4. The zero-order valence-corrected chi connectivity index (χ0v) is 46.7. The average molecular weight is 1110 g/mol. The number of aliphatic hydroxyl groups is 1. The molecule has 5 unspecified atom stereocenters. The van der Waals surface area contributed by atoms with Gasteiger partial charge in [-0.1, -0.05) is 90.0 Å². The zero-order valence-electron chi connectivity index (χ0n) is 42.5. The number of allylic oxidation sites excluding steroid dienone is 1. The highest BCUT2D eigenvalue weighted by atomic mass is 32.5. The first kappa shape index (κ1) is 53.8. The Morgan fingerprint density at radius 1 is 0.877 bits per heavy atom. The number of nitrogens with one attached hydrogen (secondary N) is 2. The molecule has 16 atom stereocenters. The summed E-state index contributed by atoms with van der Waals surface area (Å²) in [5.74, 6) is 4.52. The van der Waals surface area contributed by atoms with Crippen LogP contribution in [0.4, 0.5) is 11.9 Å². The summed E-state index contributed by atoms with van der Waals surface area (Å²) in [6, 6.07) is 0.